The standard InChI is InChI=1S/C14H19N3O3/c1-20-14-8-11(17(18)19)2-3-13(14)15-12-5-7-16-6-4-10(12)9-16/h2-3,8,10,12,15H,4-7,9H2,1H3. The maximum atomic E-state index is 10.8. The van der Waals surface area contributed by atoms with Crippen LogP contribution in [0.5, 0.6) is 5.75 Å². The molecule has 2 aliphatic rings. The van der Waals surface area contributed by atoms with Gasteiger partial charge in [-0.15, -0.1) is 0 Å². The molecule has 108 valence electrons. The number of nitrogens with one attached hydrogen (secondary N) is 1. The lowest BCUT2D eigenvalue weighted by Crippen LogP contribution is -2.39. The Morgan fingerprint density at radius 2 is 2.20 bits per heavy atom. The van der Waals surface area contributed by atoms with Crippen LogP contribution < -0.4 is 10.1 Å². The molecule has 2 aliphatic heterocycles. The second kappa shape index (κ2) is 5.28. The Bertz CT molecular complexity index is 520. The van der Waals surface area contributed by atoms with E-state index >= 15 is 0 Å². The predicted octanol–water partition coefficient (Wildman–Crippen LogP) is 2.11. The van der Waals surface area contributed by atoms with Crippen molar-refractivity contribution in [1.29, 1.82) is 0 Å². The van der Waals surface area contributed by atoms with Crippen LogP contribution >= 0.6 is 0 Å². The Labute approximate surface area is 117 Å². The molecule has 3 unspecified atom stereocenters. The third kappa shape index (κ3) is 2.43. The van der Waals surface area contributed by atoms with Crippen molar-refractivity contribution >= 4 is 11.4 Å². The van der Waals surface area contributed by atoms with E-state index in [2.05, 4.69) is 10.2 Å². The van der Waals surface area contributed by atoms with Gasteiger partial charge < -0.3 is 15.0 Å². The molecule has 2 fully saturated rings. The van der Waals surface area contributed by atoms with Gasteiger partial charge in [-0.25, -0.2) is 0 Å². The summed E-state index contributed by atoms with van der Waals surface area (Å²) in [5, 5.41) is 14.3. The first kappa shape index (κ1) is 13.2. The zero-order valence-corrected chi connectivity index (χ0v) is 11.5. The monoisotopic (exact) mass is 277 g/mol. The minimum absolute atomic E-state index is 0.0584. The Morgan fingerprint density at radius 3 is 2.95 bits per heavy atom. The van der Waals surface area contributed by atoms with Gasteiger partial charge in [0.15, 0.2) is 0 Å². The first-order valence-electron chi connectivity index (χ1n) is 6.98. The smallest absolute Gasteiger partial charge is 0.273 e. The fourth-order valence-electron chi connectivity index (χ4n) is 3.25. The van der Waals surface area contributed by atoms with Crippen LogP contribution in [0, 0.1) is 16.0 Å². The molecule has 0 spiro atoms. The van der Waals surface area contributed by atoms with Crippen molar-refractivity contribution in [1.82, 2.24) is 4.90 Å². The van der Waals surface area contributed by atoms with Gasteiger partial charge in [0, 0.05) is 25.2 Å². The number of piperidine rings is 1. The number of hydrogen-bond acceptors (Lipinski definition) is 5. The SMILES string of the molecule is COc1cc([N+](=O)[O-])ccc1NC1CCN2CCC1C2. The summed E-state index contributed by atoms with van der Waals surface area (Å²) in [5.74, 6) is 1.21. The van der Waals surface area contributed by atoms with Crippen LogP contribution in [-0.2, 0) is 0 Å². The van der Waals surface area contributed by atoms with Crippen molar-refractivity contribution in [3.8, 4) is 5.75 Å². The number of fused-ring (bicyclic) bond motifs is 2. The molecule has 0 radical (unpaired) electrons. The van der Waals surface area contributed by atoms with Crippen LogP contribution in [0.4, 0.5) is 11.4 Å². The molecule has 2 bridgehead atoms. The van der Waals surface area contributed by atoms with Gasteiger partial charge in [0.2, 0.25) is 0 Å². The number of benzene rings is 1. The van der Waals surface area contributed by atoms with E-state index in [4.69, 9.17) is 4.74 Å². The fourth-order valence-corrected chi connectivity index (χ4v) is 3.25. The number of non-ortho nitro benzene ring substituents is 1. The molecule has 2 saturated heterocycles. The Morgan fingerprint density at radius 1 is 1.40 bits per heavy atom. The van der Waals surface area contributed by atoms with Crippen LogP contribution in [0.15, 0.2) is 18.2 Å². The molecule has 0 aromatic heterocycles. The van der Waals surface area contributed by atoms with Crippen LogP contribution in [-0.4, -0.2) is 42.6 Å². The van der Waals surface area contributed by atoms with Crippen molar-refractivity contribution in [2.75, 3.05) is 32.1 Å². The molecule has 6 nitrogen and oxygen atoms in total. The van der Waals surface area contributed by atoms with E-state index in [0.717, 1.165) is 25.2 Å². The lowest BCUT2D eigenvalue weighted by atomic mass is 9.94. The maximum Gasteiger partial charge on any atom is 0.273 e. The third-order valence-electron chi connectivity index (χ3n) is 4.37. The summed E-state index contributed by atoms with van der Waals surface area (Å²) in [5.41, 5.74) is 0.909. The number of nitro groups is 1. The molecular formula is C14H19N3O3. The lowest BCUT2D eigenvalue weighted by molar-refractivity contribution is -0.384. The van der Waals surface area contributed by atoms with Gasteiger partial charge in [0.05, 0.1) is 23.8 Å². The second-order valence-corrected chi connectivity index (χ2v) is 5.53. The number of anilines is 1. The first-order valence-corrected chi connectivity index (χ1v) is 6.98. The average Bonchev–Trinajstić information content (AvgIpc) is 2.84. The van der Waals surface area contributed by atoms with Gasteiger partial charge in [0.1, 0.15) is 5.75 Å². The number of rotatable bonds is 4. The highest BCUT2D eigenvalue weighted by molar-refractivity contribution is 5.61. The molecule has 0 amide bonds. The van der Waals surface area contributed by atoms with E-state index in [1.807, 2.05) is 0 Å². The topological polar surface area (TPSA) is 67.6 Å². The maximum absolute atomic E-state index is 10.8. The van der Waals surface area contributed by atoms with Crippen molar-refractivity contribution < 1.29 is 9.66 Å². The summed E-state index contributed by atoms with van der Waals surface area (Å²) in [4.78, 5) is 12.9. The summed E-state index contributed by atoms with van der Waals surface area (Å²) in [6.07, 6.45) is 2.35. The van der Waals surface area contributed by atoms with Gasteiger partial charge in [-0.05, 0) is 31.4 Å². The summed E-state index contributed by atoms with van der Waals surface area (Å²) < 4.78 is 5.28. The number of ether oxygens (including phenoxy) is 1. The second-order valence-electron chi connectivity index (χ2n) is 5.53. The lowest BCUT2D eigenvalue weighted by Gasteiger charge is -2.32. The van der Waals surface area contributed by atoms with Gasteiger partial charge in [-0.2, -0.15) is 0 Å². The van der Waals surface area contributed by atoms with E-state index < -0.39 is 4.92 Å². The van der Waals surface area contributed by atoms with Crippen LogP contribution in [0.25, 0.3) is 0 Å². The molecule has 20 heavy (non-hydrogen) atoms. The highest BCUT2D eigenvalue weighted by atomic mass is 16.6. The summed E-state index contributed by atoms with van der Waals surface area (Å²) in [6.45, 7) is 3.48. The highest BCUT2D eigenvalue weighted by Crippen LogP contribution is 2.34. The van der Waals surface area contributed by atoms with Gasteiger partial charge in [0.25, 0.3) is 5.69 Å². The van der Waals surface area contributed by atoms with Crippen LogP contribution in [0.2, 0.25) is 0 Å². The van der Waals surface area contributed by atoms with Crippen molar-refractivity contribution in [3.05, 3.63) is 28.3 Å². The first-order chi connectivity index (χ1) is 9.67. The molecule has 3 atom stereocenters. The van der Waals surface area contributed by atoms with Crippen molar-refractivity contribution in [3.63, 3.8) is 0 Å². The van der Waals surface area contributed by atoms with E-state index in [0.29, 0.717) is 17.7 Å². The third-order valence-corrected chi connectivity index (χ3v) is 4.37. The minimum Gasteiger partial charge on any atom is -0.494 e. The zero-order chi connectivity index (χ0) is 14.1. The molecule has 3 rings (SSSR count). The number of nitro benzene ring substituents is 1. The summed E-state index contributed by atoms with van der Waals surface area (Å²) in [6, 6.07) is 5.18. The van der Waals surface area contributed by atoms with E-state index in [-0.39, 0.29) is 5.69 Å². The van der Waals surface area contributed by atoms with Gasteiger partial charge in [-0.1, -0.05) is 0 Å². The Balaban J connectivity index is 1.78. The average molecular weight is 277 g/mol. The fraction of sp³-hybridized carbons (Fsp3) is 0.571. The molecule has 1 aromatic carbocycles. The van der Waals surface area contributed by atoms with Crippen LogP contribution in [0.1, 0.15) is 12.8 Å². The number of hydrogen-bond donors (Lipinski definition) is 1. The molecule has 6 heteroatoms. The number of nitrogens with zero attached hydrogens (tertiary/aromatic N) is 2. The molecule has 0 aliphatic carbocycles. The molecule has 0 saturated carbocycles. The predicted molar refractivity (Wildman–Crippen MR) is 76.2 cm³/mol. The number of methoxy groups -OCH3 is 1. The Kier molecular flexibility index (Phi) is 3.48. The highest BCUT2D eigenvalue weighted by Gasteiger charge is 2.34. The normalized spacial score (nSPS) is 28.1. The largest absolute Gasteiger partial charge is 0.494 e. The molecule has 2 heterocycles. The summed E-state index contributed by atoms with van der Waals surface area (Å²) >= 11 is 0. The van der Waals surface area contributed by atoms with E-state index in [9.17, 15) is 10.1 Å². The minimum atomic E-state index is -0.401. The van der Waals surface area contributed by atoms with E-state index in [1.54, 1.807) is 13.2 Å². The van der Waals surface area contributed by atoms with Crippen molar-refractivity contribution in [2.24, 2.45) is 5.92 Å². The summed E-state index contributed by atoms with van der Waals surface area (Å²) in [7, 11) is 1.54. The van der Waals surface area contributed by atoms with Crippen molar-refractivity contribution in [2.45, 2.75) is 18.9 Å². The van der Waals surface area contributed by atoms with Gasteiger partial charge >= 0.3 is 0 Å². The molecular weight excluding hydrogens is 258 g/mol. The zero-order valence-electron chi connectivity index (χ0n) is 11.5. The van der Waals surface area contributed by atoms with Crippen LogP contribution in [0.3, 0.4) is 0 Å². The quantitative estimate of drug-likeness (QED) is 0.674. The molecule has 1 N–H and O–H groups in total. The molecule has 1 aromatic rings. The Hall–Kier alpha value is -1.82. The van der Waals surface area contributed by atoms with Gasteiger partial charge in [-0.3, -0.25) is 10.1 Å². The van der Waals surface area contributed by atoms with E-state index in [1.165, 1.54) is 25.1 Å².